The summed E-state index contributed by atoms with van der Waals surface area (Å²) in [4.78, 5) is 4.18. The van der Waals surface area contributed by atoms with Crippen LogP contribution in [0.1, 0.15) is 18.9 Å². The number of aromatic nitrogens is 1. The molecule has 1 fully saturated rings. The summed E-state index contributed by atoms with van der Waals surface area (Å²) >= 11 is 0. The summed E-state index contributed by atoms with van der Waals surface area (Å²) in [6.07, 6.45) is 4.96. The first-order chi connectivity index (χ1) is 9.34. The normalized spacial score (nSPS) is 20.8. The average Bonchev–Trinajstić information content (AvgIpc) is 2.99. The molecule has 2 heterocycles. The summed E-state index contributed by atoms with van der Waals surface area (Å²) < 4.78 is 5.45. The number of nitrogens with zero attached hydrogens (tertiary/aromatic N) is 1. The molecule has 0 saturated carbocycles. The van der Waals surface area contributed by atoms with Crippen LogP contribution in [0.3, 0.4) is 0 Å². The molecule has 2 aromatic rings. The summed E-state index contributed by atoms with van der Waals surface area (Å²) in [5, 5.41) is 6.13. The Morgan fingerprint density at radius 2 is 2.37 bits per heavy atom. The van der Waals surface area contributed by atoms with Gasteiger partial charge in [-0.05, 0) is 36.3 Å². The van der Waals surface area contributed by atoms with Crippen molar-refractivity contribution in [1.29, 1.82) is 0 Å². The largest absolute Gasteiger partial charge is 0.381 e. The number of pyridine rings is 1. The zero-order valence-electron chi connectivity index (χ0n) is 11.3. The van der Waals surface area contributed by atoms with Gasteiger partial charge in [0.2, 0.25) is 0 Å². The lowest BCUT2D eigenvalue weighted by molar-refractivity contribution is 0.178. The summed E-state index contributed by atoms with van der Waals surface area (Å²) in [6.45, 7) is 4.97. The molecule has 1 saturated heterocycles. The van der Waals surface area contributed by atoms with Gasteiger partial charge in [-0.1, -0.05) is 18.2 Å². The van der Waals surface area contributed by atoms with Crippen molar-refractivity contribution in [2.75, 3.05) is 13.2 Å². The smallest absolute Gasteiger partial charge is 0.0509 e. The van der Waals surface area contributed by atoms with Crippen LogP contribution in [0.15, 0.2) is 36.7 Å². The van der Waals surface area contributed by atoms with Crippen LogP contribution < -0.4 is 5.32 Å². The Kier molecular flexibility index (Phi) is 3.76. The Bertz CT molecular complexity index is 544. The van der Waals surface area contributed by atoms with Crippen LogP contribution in [0.2, 0.25) is 0 Å². The van der Waals surface area contributed by atoms with Crippen LogP contribution in [0.25, 0.3) is 10.8 Å². The fraction of sp³-hybridized carbons (Fsp3) is 0.438. The third-order valence-electron chi connectivity index (χ3n) is 4.06. The minimum atomic E-state index is 0.500. The molecular formula is C16H20N2O. The number of nitrogens with one attached hydrogen (secondary N) is 1. The van der Waals surface area contributed by atoms with E-state index in [1.54, 1.807) is 0 Å². The van der Waals surface area contributed by atoms with E-state index in [2.05, 4.69) is 41.5 Å². The molecule has 1 aromatic heterocycles. The predicted molar refractivity (Wildman–Crippen MR) is 77.0 cm³/mol. The van der Waals surface area contributed by atoms with E-state index >= 15 is 0 Å². The van der Waals surface area contributed by atoms with Crippen LogP contribution >= 0.6 is 0 Å². The number of benzene rings is 1. The van der Waals surface area contributed by atoms with Crippen LogP contribution in [0.4, 0.5) is 0 Å². The highest BCUT2D eigenvalue weighted by Crippen LogP contribution is 2.19. The van der Waals surface area contributed by atoms with E-state index in [0.29, 0.717) is 12.0 Å². The summed E-state index contributed by atoms with van der Waals surface area (Å²) in [7, 11) is 0. The van der Waals surface area contributed by atoms with Crippen LogP contribution in [0, 0.1) is 5.92 Å². The number of rotatable bonds is 4. The zero-order chi connectivity index (χ0) is 13.1. The second-order valence-electron chi connectivity index (χ2n) is 5.31. The second kappa shape index (κ2) is 5.68. The highest BCUT2D eigenvalue weighted by molar-refractivity contribution is 5.84. The van der Waals surface area contributed by atoms with Crippen molar-refractivity contribution < 1.29 is 4.74 Å². The SMILES string of the molecule is CC(NCc1cccc2cnccc12)C1CCOC1. The molecule has 1 N–H and O–H groups in total. The zero-order valence-corrected chi connectivity index (χ0v) is 11.3. The highest BCUT2D eigenvalue weighted by atomic mass is 16.5. The Hall–Kier alpha value is -1.45. The van der Waals surface area contributed by atoms with Gasteiger partial charge in [-0.2, -0.15) is 0 Å². The van der Waals surface area contributed by atoms with Crippen molar-refractivity contribution in [1.82, 2.24) is 10.3 Å². The maximum atomic E-state index is 5.45. The second-order valence-corrected chi connectivity index (χ2v) is 5.31. The highest BCUT2D eigenvalue weighted by Gasteiger charge is 2.21. The topological polar surface area (TPSA) is 34.2 Å². The molecule has 0 amide bonds. The lowest BCUT2D eigenvalue weighted by Gasteiger charge is -2.19. The van der Waals surface area contributed by atoms with E-state index in [0.717, 1.165) is 19.8 Å². The summed E-state index contributed by atoms with van der Waals surface area (Å²) in [6, 6.07) is 8.99. The van der Waals surface area contributed by atoms with Gasteiger partial charge in [-0.15, -0.1) is 0 Å². The van der Waals surface area contributed by atoms with Gasteiger partial charge in [-0.3, -0.25) is 4.98 Å². The van der Waals surface area contributed by atoms with Crippen molar-refractivity contribution in [2.45, 2.75) is 25.9 Å². The Morgan fingerprint density at radius 1 is 1.42 bits per heavy atom. The maximum Gasteiger partial charge on any atom is 0.0509 e. The van der Waals surface area contributed by atoms with Gasteiger partial charge in [0.15, 0.2) is 0 Å². The molecule has 3 rings (SSSR count). The molecule has 0 aliphatic carbocycles. The van der Waals surface area contributed by atoms with Crippen molar-refractivity contribution >= 4 is 10.8 Å². The van der Waals surface area contributed by atoms with Crippen molar-refractivity contribution in [3.8, 4) is 0 Å². The van der Waals surface area contributed by atoms with E-state index in [9.17, 15) is 0 Å². The van der Waals surface area contributed by atoms with Gasteiger partial charge in [0.25, 0.3) is 0 Å². The molecule has 0 spiro atoms. The Labute approximate surface area is 114 Å². The average molecular weight is 256 g/mol. The molecule has 100 valence electrons. The molecule has 2 unspecified atom stereocenters. The lowest BCUT2D eigenvalue weighted by Crippen LogP contribution is -2.33. The first kappa shape index (κ1) is 12.6. The molecule has 2 atom stereocenters. The third-order valence-corrected chi connectivity index (χ3v) is 4.06. The molecule has 3 heteroatoms. The molecule has 0 radical (unpaired) electrons. The van der Waals surface area contributed by atoms with Gasteiger partial charge in [0, 0.05) is 37.0 Å². The quantitative estimate of drug-likeness (QED) is 0.913. The number of ether oxygens (including phenoxy) is 1. The van der Waals surface area contributed by atoms with E-state index < -0.39 is 0 Å². The molecule has 19 heavy (non-hydrogen) atoms. The molecule has 3 nitrogen and oxygen atoms in total. The maximum absolute atomic E-state index is 5.45. The van der Waals surface area contributed by atoms with Gasteiger partial charge in [-0.25, -0.2) is 0 Å². The lowest BCUT2D eigenvalue weighted by atomic mass is 10.00. The summed E-state index contributed by atoms with van der Waals surface area (Å²) in [5.74, 6) is 0.650. The van der Waals surface area contributed by atoms with E-state index in [-0.39, 0.29) is 0 Å². The van der Waals surface area contributed by atoms with Crippen molar-refractivity contribution in [3.05, 3.63) is 42.2 Å². The molecule has 0 bridgehead atoms. The summed E-state index contributed by atoms with van der Waals surface area (Å²) in [5.41, 5.74) is 1.34. The standard InChI is InChI=1S/C16H20N2O/c1-12(15-6-8-19-11-15)18-10-14-4-2-3-13-9-17-7-5-16(13)14/h2-5,7,9,12,15,18H,6,8,10-11H2,1H3. The number of hydrogen-bond donors (Lipinski definition) is 1. The molecular weight excluding hydrogens is 236 g/mol. The van der Waals surface area contributed by atoms with Crippen LogP contribution in [-0.2, 0) is 11.3 Å². The first-order valence-electron chi connectivity index (χ1n) is 6.97. The Morgan fingerprint density at radius 3 is 3.21 bits per heavy atom. The van der Waals surface area contributed by atoms with Crippen LogP contribution in [0.5, 0.6) is 0 Å². The first-order valence-corrected chi connectivity index (χ1v) is 6.97. The van der Waals surface area contributed by atoms with Gasteiger partial charge in [0.1, 0.15) is 0 Å². The fourth-order valence-corrected chi connectivity index (χ4v) is 2.73. The minimum absolute atomic E-state index is 0.500. The van der Waals surface area contributed by atoms with Gasteiger partial charge >= 0.3 is 0 Å². The monoisotopic (exact) mass is 256 g/mol. The van der Waals surface area contributed by atoms with Gasteiger partial charge in [0.05, 0.1) is 6.61 Å². The number of fused-ring (bicyclic) bond motifs is 1. The predicted octanol–water partition coefficient (Wildman–Crippen LogP) is 2.75. The van der Waals surface area contributed by atoms with Crippen LogP contribution in [-0.4, -0.2) is 24.2 Å². The van der Waals surface area contributed by atoms with Crippen molar-refractivity contribution in [3.63, 3.8) is 0 Å². The van der Waals surface area contributed by atoms with E-state index in [1.165, 1.54) is 22.8 Å². The third kappa shape index (κ3) is 2.77. The van der Waals surface area contributed by atoms with E-state index in [1.807, 2.05) is 12.4 Å². The molecule has 1 aliphatic rings. The molecule has 1 aromatic carbocycles. The fourth-order valence-electron chi connectivity index (χ4n) is 2.73. The number of hydrogen-bond acceptors (Lipinski definition) is 3. The van der Waals surface area contributed by atoms with Crippen molar-refractivity contribution in [2.24, 2.45) is 5.92 Å². The minimum Gasteiger partial charge on any atom is -0.381 e. The van der Waals surface area contributed by atoms with E-state index in [4.69, 9.17) is 4.74 Å². The Balaban J connectivity index is 1.71. The van der Waals surface area contributed by atoms with Gasteiger partial charge < -0.3 is 10.1 Å². The molecule has 1 aliphatic heterocycles.